The fourth-order valence-electron chi connectivity index (χ4n) is 2.29. The fourth-order valence-corrected chi connectivity index (χ4v) is 3.38. The number of fused-ring (bicyclic) bond motifs is 1. The number of alkyl halides is 1. The van der Waals surface area contributed by atoms with Crippen LogP contribution in [-0.4, -0.2) is 4.98 Å². The van der Waals surface area contributed by atoms with Gasteiger partial charge in [0, 0.05) is 16.0 Å². The zero-order chi connectivity index (χ0) is 14.1. The Labute approximate surface area is 126 Å². The van der Waals surface area contributed by atoms with Gasteiger partial charge < -0.3 is 4.98 Å². The zero-order valence-corrected chi connectivity index (χ0v) is 12.6. The van der Waals surface area contributed by atoms with Gasteiger partial charge in [0.2, 0.25) is 0 Å². The van der Waals surface area contributed by atoms with E-state index in [0.29, 0.717) is 0 Å². The van der Waals surface area contributed by atoms with Crippen LogP contribution in [0, 0.1) is 0 Å². The molecule has 2 heterocycles. The van der Waals surface area contributed by atoms with Crippen molar-refractivity contribution < 1.29 is 0 Å². The SMILES string of the molecule is CCc1cc2cc(C(Cl)c3cccs3)ccc2[nH]c1=O. The Bertz CT molecular complexity index is 792. The summed E-state index contributed by atoms with van der Waals surface area (Å²) in [5.41, 5.74) is 2.70. The van der Waals surface area contributed by atoms with Gasteiger partial charge in [-0.15, -0.1) is 22.9 Å². The summed E-state index contributed by atoms with van der Waals surface area (Å²) < 4.78 is 0. The number of hydrogen-bond acceptors (Lipinski definition) is 2. The predicted octanol–water partition coefficient (Wildman–Crippen LogP) is 4.48. The van der Waals surface area contributed by atoms with Crippen molar-refractivity contribution >= 4 is 33.8 Å². The third-order valence-corrected chi connectivity index (χ3v) is 4.97. The highest BCUT2D eigenvalue weighted by Crippen LogP contribution is 2.33. The molecule has 1 unspecified atom stereocenters. The van der Waals surface area contributed by atoms with Crippen molar-refractivity contribution in [1.82, 2.24) is 4.98 Å². The van der Waals surface area contributed by atoms with Crippen LogP contribution in [0.25, 0.3) is 10.9 Å². The number of thiophene rings is 1. The van der Waals surface area contributed by atoms with Crippen molar-refractivity contribution in [2.75, 3.05) is 0 Å². The molecule has 4 heteroatoms. The lowest BCUT2D eigenvalue weighted by Crippen LogP contribution is -2.11. The number of aromatic nitrogens is 1. The number of aryl methyl sites for hydroxylation is 1. The third-order valence-electron chi connectivity index (χ3n) is 3.41. The Morgan fingerprint density at radius 2 is 2.15 bits per heavy atom. The molecule has 0 amide bonds. The lowest BCUT2D eigenvalue weighted by atomic mass is 10.1. The van der Waals surface area contributed by atoms with Crippen molar-refractivity contribution in [3.63, 3.8) is 0 Å². The fraction of sp³-hybridized carbons (Fsp3) is 0.188. The van der Waals surface area contributed by atoms with Gasteiger partial charge in [0.25, 0.3) is 5.56 Å². The Morgan fingerprint density at radius 3 is 2.85 bits per heavy atom. The van der Waals surface area contributed by atoms with Gasteiger partial charge in [0.15, 0.2) is 0 Å². The minimum atomic E-state index is -0.142. The summed E-state index contributed by atoms with van der Waals surface area (Å²) in [5.74, 6) is 0. The lowest BCUT2D eigenvalue weighted by Gasteiger charge is -2.09. The monoisotopic (exact) mass is 303 g/mol. The molecule has 0 saturated carbocycles. The Hall–Kier alpha value is -1.58. The van der Waals surface area contributed by atoms with Crippen LogP contribution < -0.4 is 5.56 Å². The summed E-state index contributed by atoms with van der Waals surface area (Å²) in [7, 11) is 0. The average molecular weight is 304 g/mol. The molecule has 2 nitrogen and oxygen atoms in total. The van der Waals surface area contributed by atoms with Crippen LogP contribution in [0.4, 0.5) is 0 Å². The molecule has 0 aliphatic rings. The largest absolute Gasteiger partial charge is 0.322 e. The van der Waals surface area contributed by atoms with Gasteiger partial charge in [0.05, 0.1) is 5.38 Å². The van der Waals surface area contributed by atoms with E-state index < -0.39 is 0 Å². The summed E-state index contributed by atoms with van der Waals surface area (Å²) in [6, 6.07) is 12.0. The van der Waals surface area contributed by atoms with Gasteiger partial charge in [-0.25, -0.2) is 0 Å². The standard InChI is InChI=1S/C16H14ClNOS/c1-2-10-8-12-9-11(5-6-13(12)18-16(10)19)15(17)14-4-3-7-20-14/h3-9,15H,2H2,1H3,(H,18,19). The minimum absolute atomic E-state index is 0.00608. The molecule has 0 spiro atoms. The number of pyridine rings is 1. The van der Waals surface area contributed by atoms with Gasteiger partial charge in [-0.3, -0.25) is 4.79 Å². The Balaban J connectivity index is 2.10. The van der Waals surface area contributed by atoms with E-state index in [2.05, 4.69) is 11.1 Å². The molecular weight excluding hydrogens is 290 g/mol. The summed E-state index contributed by atoms with van der Waals surface area (Å²) >= 11 is 8.17. The summed E-state index contributed by atoms with van der Waals surface area (Å²) in [4.78, 5) is 15.8. The summed E-state index contributed by atoms with van der Waals surface area (Å²) in [6.45, 7) is 1.98. The van der Waals surface area contributed by atoms with Crippen LogP contribution in [0.15, 0.2) is 46.6 Å². The van der Waals surface area contributed by atoms with Crippen LogP contribution in [0.1, 0.15) is 28.3 Å². The van der Waals surface area contributed by atoms with Crippen molar-refractivity contribution in [2.45, 2.75) is 18.7 Å². The maximum absolute atomic E-state index is 11.8. The topological polar surface area (TPSA) is 32.9 Å². The molecule has 0 saturated heterocycles. The molecule has 2 aromatic heterocycles. The van der Waals surface area contributed by atoms with Crippen LogP contribution in [-0.2, 0) is 6.42 Å². The first kappa shape index (κ1) is 13.4. The molecule has 0 aliphatic heterocycles. The van der Waals surface area contributed by atoms with E-state index in [-0.39, 0.29) is 10.9 Å². The van der Waals surface area contributed by atoms with E-state index in [1.165, 1.54) is 0 Å². The number of H-pyrrole nitrogens is 1. The smallest absolute Gasteiger partial charge is 0.251 e. The van der Waals surface area contributed by atoms with Gasteiger partial charge in [-0.05, 0) is 47.0 Å². The normalized spacial score (nSPS) is 12.7. The van der Waals surface area contributed by atoms with Crippen molar-refractivity contribution in [3.8, 4) is 0 Å². The molecule has 0 radical (unpaired) electrons. The second-order valence-electron chi connectivity index (χ2n) is 4.70. The van der Waals surface area contributed by atoms with E-state index in [4.69, 9.17) is 11.6 Å². The Kier molecular flexibility index (Phi) is 3.64. The van der Waals surface area contributed by atoms with Crippen molar-refractivity contribution in [3.05, 3.63) is 68.1 Å². The van der Waals surface area contributed by atoms with Gasteiger partial charge in [0.1, 0.15) is 0 Å². The molecular formula is C16H14ClNOS. The van der Waals surface area contributed by atoms with Crippen LogP contribution in [0.5, 0.6) is 0 Å². The quantitative estimate of drug-likeness (QED) is 0.711. The molecule has 20 heavy (non-hydrogen) atoms. The maximum atomic E-state index is 11.8. The third kappa shape index (κ3) is 2.39. The summed E-state index contributed by atoms with van der Waals surface area (Å²) in [5, 5.41) is 2.91. The number of benzene rings is 1. The number of nitrogens with one attached hydrogen (secondary N) is 1. The first-order chi connectivity index (χ1) is 9.69. The maximum Gasteiger partial charge on any atom is 0.251 e. The molecule has 102 valence electrons. The zero-order valence-electron chi connectivity index (χ0n) is 11.0. The average Bonchev–Trinajstić information content (AvgIpc) is 2.99. The predicted molar refractivity (Wildman–Crippen MR) is 86.0 cm³/mol. The van der Waals surface area contributed by atoms with Crippen molar-refractivity contribution in [1.29, 1.82) is 0 Å². The number of hydrogen-bond donors (Lipinski definition) is 1. The van der Waals surface area contributed by atoms with Gasteiger partial charge in [-0.2, -0.15) is 0 Å². The van der Waals surface area contributed by atoms with E-state index >= 15 is 0 Å². The second-order valence-corrected chi connectivity index (χ2v) is 6.12. The van der Waals surface area contributed by atoms with Crippen LogP contribution in [0.3, 0.4) is 0 Å². The van der Waals surface area contributed by atoms with E-state index in [1.807, 2.05) is 42.6 Å². The van der Waals surface area contributed by atoms with Crippen LogP contribution in [0.2, 0.25) is 0 Å². The van der Waals surface area contributed by atoms with E-state index in [1.54, 1.807) is 11.3 Å². The van der Waals surface area contributed by atoms with E-state index in [0.717, 1.165) is 33.3 Å². The first-order valence-corrected chi connectivity index (χ1v) is 7.84. The molecule has 0 bridgehead atoms. The van der Waals surface area contributed by atoms with Gasteiger partial charge >= 0.3 is 0 Å². The van der Waals surface area contributed by atoms with Crippen LogP contribution >= 0.6 is 22.9 Å². The molecule has 3 aromatic rings. The highest BCUT2D eigenvalue weighted by molar-refractivity contribution is 7.10. The summed E-state index contributed by atoms with van der Waals surface area (Å²) in [6.07, 6.45) is 0.727. The second kappa shape index (κ2) is 5.43. The van der Waals surface area contributed by atoms with E-state index in [9.17, 15) is 4.79 Å². The Morgan fingerprint density at radius 1 is 1.30 bits per heavy atom. The van der Waals surface area contributed by atoms with Gasteiger partial charge in [-0.1, -0.05) is 19.1 Å². The molecule has 0 aliphatic carbocycles. The molecule has 0 fully saturated rings. The highest BCUT2D eigenvalue weighted by Gasteiger charge is 2.12. The number of rotatable bonds is 3. The van der Waals surface area contributed by atoms with Crippen molar-refractivity contribution in [2.24, 2.45) is 0 Å². The molecule has 1 aromatic carbocycles. The number of aromatic amines is 1. The highest BCUT2D eigenvalue weighted by atomic mass is 35.5. The lowest BCUT2D eigenvalue weighted by molar-refractivity contribution is 1.08. The molecule has 1 N–H and O–H groups in total. The molecule has 1 atom stereocenters. The minimum Gasteiger partial charge on any atom is -0.322 e. The molecule has 3 rings (SSSR count). The first-order valence-electron chi connectivity index (χ1n) is 6.52. The number of halogens is 1.